The lowest BCUT2D eigenvalue weighted by atomic mass is 10.1. The van der Waals surface area contributed by atoms with E-state index in [4.69, 9.17) is 14.5 Å². The maximum absolute atomic E-state index is 14.0. The zero-order valence-electron chi connectivity index (χ0n) is 22.8. The number of hydrogen-bond donors (Lipinski definition) is 1. The molecule has 8 heteroatoms. The Hall–Kier alpha value is -4.69. The van der Waals surface area contributed by atoms with Crippen molar-refractivity contribution in [1.29, 1.82) is 0 Å². The number of amides is 2. The molecule has 0 fully saturated rings. The molecule has 1 N–H and O–H groups in total. The quantitative estimate of drug-likeness (QED) is 0.243. The Kier molecular flexibility index (Phi) is 8.07. The number of carbonyl (C=O) groups is 1. The number of methoxy groups -OCH3 is 2. The van der Waals surface area contributed by atoms with E-state index in [1.807, 2.05) is 85.8 Å². The van der Waals surface area contributed by atoms with Crippen LogP contribution < -0.4 is 15.6 Å². The molecular weight excluding hydrogens is 504 g/mol. The van der Waals surface area contributed by atoms with Gasteiger partial charge in [0.2, 0.25) is 0 Å². The lowest BCUT2D eigenvalue weighted by Gasteiger charge is -2.32. The first kappa shape index (κ1) is 26.9. The normalized spacial score (nSPS) is 11.9. The van der Waals surface area contributed by atoms with Crippen LogP contribution in [0.4, 0.5) is 10.5 Å². The molecule has 0 radical (unpaired) electrons. The van der Waals surface area contributed by atoms with Gasteiger partial charge in [0, 0.05) is 19.0 Å². The van der Waals surface area contributed by atoms with Crippen LogP contribution in [-0.2, 0) is 4.74 Å². The Morgan fingerprint density at radius 2 is 1.62 bits per heavy atom. The number of hydrogen-bond acceptors (Lipinski definition) is 5. The molecule has 5 rings (SSSR count). The number of para-hydroxylation sites is 3. The van der Waals surface area contributed by atoms with Gasteiger partial charge in [-0.25, -0.2) is 9.78 Å². The molecule has 4 aromatic carbocycles. The van der Waals surface area contributed by atoms with Gasteiger partial charge in [0.1, 0.15) is 11.6 Å². The van der Waals surface area contributed by atoms with E-state index >= 15 is 0 Å². The maximum atomic E-state index is 14.0. The van der Waals surface area contributed by atoms with Gasteiger partial charge < -0.3 is 19.7 Å². The molecule has 1 unspecified atom stereocenters. The summed E-state index contributed by atoms with van der Waals surface area (Å²) in [6.45, 7) is 2.58. The number of benzene rings is 4. The van der Waals surface area contributed by atoms with Crippen LogP contribution in [0, 0.1) is 0 Å². The van der Waals surface area contributed by atoms with Crippen molar-refractivity contribution in [3.63, 3.8) is 0 Å². The van der Waals surface area contributed by atoms with E-state index in [0.29, 0.717) is 53.4 Å². The van der Waals surface area contributed by atoms with E-state index in [1.165, 1.54) is 0 Å². The fourth-order valence-corrected chi connectivity index (χ4v) is 5.07. The fourth-order valence-electron chi connectivity index (χ4n) is 5.07. The van der Waals surface area contributed by atoms with Crippen molar-refractivity contribution < 1.29 is 14.3 Å². The summed E-state index contributed by atoms with van der Waals surface area (Å²) in [5.74, 6) is 0.973. The van der Waals surface area contributed by atoms with Gasteiger partial charge in [-0.15, -0.1) is 0 Å². The molecule has 204 valence electrons. The van der Waals surface area contributed by atoms with Crippen molar-refractivity contribution in [3.8, 4) is 11.4 Å². The second kappa shape index (κ2) is 12.0. The van der Waals surface area contributed by atoms with Crippen LogP contribution in [0.25, 0.3) is 27.4 Å². The average Bonchev–Trinajstić information content (AvgIpc) is 2.99. The molecule has 5 aromatic rings. The largest absolute Gasteiger partial charge is 0.495 e. The summed E-state index contributed by atoms with van der Waals surface area (Å²) in [4.78, 5) is 34.6. The zero-order valence-corrected chi connectivity index (χ0v) is 22.8. The van der Waals surface area contributed by atoms with Crippen molar-refractivity contribution >= 4 is 33.4 Å². The first-order chi connectivity index (χ1) is 19.6. The second-order valence-electron chi connectivity index (χ2n) is 9.37. The number of aromatic nitrogens is 2. The first-order valence-corrected chi connectivity index (χ1v) is 13.3. The van der Waals surface area contributed by atoms with E-state index in [2.05, 4.69) is 5.32 Å². The Balaban J connectivity index is 1.66. The fraction of sp³-hybridized carbons (Fsp3) is 0.219. The van der Waals surface area contributed by atoms with Gasteiger partial charge in [-0.05, 0) is 42.1 Å². The molecule has 0 aliphatic carbocycles. The Labute approximate surface area is 232 Å². The Morgan fingerprint density at radius 1 is 0.925 bits per heavy atom. The molecule has 0 saturated carbocycles. The van der Waals surface area contributed by atoms with Crippen LogP contribution in [0.2, 0.25) is 0 Å². The lowest BCUT2D eigenvalue weighted by molar-refractivity contribution is 0.131. The lowest BCUT2D eigenvalue weighted by Crippen LogP contribution is -2.42. The van der Waals surface area contributed by atoms with E-state index in [9.17, 15) is 9.59 Å². The highest BCUT2D eigenvalue weighted by Crippen LogP contribution is 2.30. The molecule has 40 heavy (non-hydrogen) atoms. The van der Waals surface area contributed by atoms with E-state index in [1.54, 1.807) is 35.8 Å². The zero-order chi connectivity index (χ0) is 28.1. The van der Waals surface area contributed by atoms with Crippen LogP contribution in [0.15, 0.2) is 95.8 Å². The molecule has 8 nitrogen and oxygen atoms in total. The minimum atomic E-state index is -0.549. The molecule has 0 aliphatic heterocycles. The van der Waals surface area contributed by atoms with Gasteiger partial charge in [-0.1, -0.05) is 67.6 Å². The third-order valence-corrected chi connectivity index (χ3v) is 7.02. The molecule has 0 spiro atoms. The summed E-state index contributed by atoms with van der Waals surface area (Å²) in [6, 6.07) is 27.4. The summed E-state index contributed by atoms with van der Waals surface area (Å²) in [7, 11) is 3.17. The Morgan fingerprint density at radius 3 is 2.40 bits per heavy atom. The third-order valence-electron chi connectivity index (χ3n) is 7.02. The smallest absolute Gasteiger partial charge is 0.322 e. The molecule has 0 aliphatic rings. The van der Waals surface area contributed by atoms with Gasteiger partial charge >= 0.3 is 6.03 Å². The van der Waals surface area contributed by atoms with E-state index in [-0.39, 0.29) is 11.6 Å². The number of nitrogens with zero attached hydrogens (tertiary/aromatic N) is 3. The molecule has 0 bridgehead atoms. The topological polar surface area (TPSA) is 85.7 Å². The minimum Gasteiger partial charge on any atom is -0.495 e. The predicted molar refractivity (Wildman–Crippen MR) is 158 cm³/mol. The van der Waals surface area contributed by atoms with Crippen molar-refractivity contribution in [3.05, 3.63) is 107 Å². The average molecular weight is 537 g/mol. The van der Waals surface area contributed by atoms with E-state index in [0.717, 1.165) is 10.8 Å². The van der Waals surface area contributed by atoms with Gasteiger partial charge in [0.25, 0.3) is 5.56 Å². The number of ether oxygens (including phenoxy) is 2. The SMILES string of the molecule is CCC(c1nc2ccccc2c(=O)n1-c1ccccc1OC)N(CCOC)C(=O)Nc1cccc2ccccc12. The van der Waals surface area contributed by atoms with Crippen LogP contribution in [0.3, 0.4) is 0 Å². The van der Waals surface area contributed by atoms with Crippen LogP contribution in [0.1, 0.15) is 25.2 Å². The number of nitrogens with one attached hydrogen (secondary N) is 1. The summed E-state index contributed by atoms with van der Waals surface area (Å²) in [6.07, 6.45) is 0.507. The highest BCUT2D eigenvalue weighted by atomic mass is 16.5. The van der Waals surface area contributed by atoms with Gasteiger partial charge in [0.15, 0.2) is 0 Å². The predicted octanol–water partition coefficient (Wildman–Crippen LogP) is 6.18. The highest BCUT2D eigenvalue weighted by molar-refractivity contribution is 6.01. The number of anilines is 1. The van der Waals surface area contributed by atoms with Crippen LogP contribution >= 0.6 is 0 Å². The summed E-state index contributed by atoms with van der Waals surface area (Å²) in [5, 5.41) is 5.55. The van der Waals surface area contributed by atoms with Gasteiger partial charge in [-0.2, -0.15) is 0 Å². The Bertz CT molecular complexity index is 1710. The number of fused-ring (bicyclic) bond motifs is 2. The maximum Gasteiger partial charge on any atom is 0.322 e. The highest BCUT2D eigenvalue weighted by Gasteiger charge is 2.30. The molecule has 1 heterocycles. The molecular formula is C32H32N4O4. The van der Waals surface area contributed by atoms with Crippen molar-refractivity contribution in [2.75, 3.05) is 32.7 Å². The molecule has 1 atom stereocenters. The van der Waals surface area contributed by atoms with Crippen molar-refractivity contribution in [2.24, 2.45) is 0 Å². The van der Waals surface area contributed by atoms with Crippen molar-refractivity contribution in [1.82, 2.24) is 14.5 Å². The minimum absolute atomic E-state index is 0.232. The summed E-state index contributed by atoms with van der Waals surface area (Å²) >= 11 is 0. The first-order valence-electron chi connectivity index (χ1n) is 13.3. The number of urea groups is 1. The van der Waals surface area contributed by atoms with Crippen LogP contribution in [0.5, 0.6) is 5.75 Å². The molecule has 2 amide bonds. The summed E-state index contributed by atoms with van der Waals surface area (Å²) in [5.41, 5.74) is 1.59. The van der Waals surface area contributed by atoms with Gasteiger partial charge in [-0.3, -0.25) is 9.36 Å². The standard InChI is InChI=1S/C32H32N4O4/c1-4-27(35(20-21-39-2)32(38)34-25-17-11-13-22-12-5-6-14-23(22)25)30-33-26-16-8-7-15-24(26)31(37)36(30)28-18-9-10-19-29(28)40-3/h5-19,27H,4,20-21H2,1-3H3,(H,34,38). The molecule has 0 saturated heterocycles. The molecule has 1 aromatic heterocycles. The van der Waals surface area contributed by atoms with Crippen molar-refractivity contribution in [2.45, 2.75) is 19.4 Å². The number of rotatable bonds is 9. The second-order valence-corrected chi connectivity index (χ2v) is 9.37. The summed E-state index contributed by atoms with van der Waals surface area (Å²) < 4.78 is 12.6. The number of carbonyl (C=O) groups excluding carboxylic acids is 1. The third kappa shape index (κ3) is 5.13. The monoisotopic (exact) mass is 536 g/mol. The van der Waals surface area contributed by atoms with Gasteiger partial charge in [0.05, 0.1) is 42.0 Å². The van der Waals surface area contributed by atoms with Crippen LogP contribution in [-0.4, -0.2) is 47.9 Å². The van der Waals surface area contributed by atoms with E-state index < -0.39 is 6.04 Å².